The van der Waals surface area contributed by atoms with Crippen LogP contribution in [0.2, 0.25) is 0 Å². The molecule has 1 aliphatic rings. The molecule has 0 spiro atoms. The Bertz CT molecular complexity index is 999. The van der Waals surface area contributed by atoms with E-state index in [-0.39, 0.29) is 24.1 Å². The quantitative estimate of drug-likeness (QED) is 0.543. The lowest BCUT2D eigenvalue weighted by Crippen LogP contribution is -2.40. The Morgan fingerprint density at radius 2 is 1.76 bits per heavy atom. The predicted octanol–water partition coefficient (Wildman–Crippen LogP) is 1.92. The number of rotatable bonds is 6. The number of carbonyl (C=O) groups excluding carboxylic acids is 1. The Balaban J connectivity index is 1.68. The highest BCUT2D eigenvalue weighted by molar-refractivity contribution is 7.92. The molecule has 0 saturated carbocycles. The SMILES string of the molecule is O=C(Cc1ccc(NS(=O)(=O)c2ccccc2[N+](=O)[O-])cc1)N1CCC(O)CC1. The zero-order chi connectivity index (χ0) is 21.0. The zero-order valence-corrected chi connectivity index (χ0v) is 16.3. The Labute approximate surface area is 168 Å². The molecule has 0 aliphatic carbocycles. The van der Waals surface area contributed by atoms with E-state index in [1.54, 1.807) is 17.0 Å². The summed E-state index contributed by atoms with van der Waals surface area (Å²) in [6, 6.07) is 11.4. The number of hydrogen-bond acceptors (Lipinski definition) is 6. The molecule has 0 bridgehead atoms. The predicted molar refractivity (Wildman–Crippen MR) is 106 cm³/mol. The van der Waals surface area contributed by atoms with Crippen LogP contribution in [0.15, 0.2) is 53.4 Å². The standard InChI is InChI=1S/C19H21N3O6S/c23-16-9-11-21(12-10-16)19(24)13-14-5-7-15(8-6-14)20-29(27,28)18-4-2-1-3-17(18)22(25)26/h1-8,16,20,23H,9-13H2. The molecule has 3 rings (SSSR count). The summed E-state index contributed by atoms with van der Waals surface area (Å²) >= 11 is 0. The van der Waals surface area contributed by atoms with E-state index in [1.807, 2.05) is 0 Å². The lowest BCUT2D eigenvalue weighted by molar-refractivity contribution is -0.387. The van der Waals surface area contributed by atoms with E-state index in [9.17, 15) is 28.4 Å². The summed E-state index contributed by atoms with van der Waals surface area (Å²) in [4.78, 5) is 24.0. The van der Waals surface area contributed by atoms with Crippen molar-refractivity contribution in [1.82, 2.24) is 4.90 Å². The number of nitro benzene ring substituents is 1. The van der Waals surface area contributed by atoms with Crippen molar-refractivity contribution in [3.63, 3.8) is 0 Å². The molecule has 10 heteroatoms. The van der Waals surface area contributed by atoms with Gasteiger partial charge < -0.3 is 10.0 Å². The van der Waals surface area contributed by atoms with Crippen LogP contribution in [0.4, 0.5) is 11.4 Å². The number of nitrogens with one attached hydrogen (secondary N) is 1. The summed E-state index contributed by atoms with van der Waals surface area (Å²) in [6.07, 6.45) is 0.954. The van der Waals surface area contributed by atoms with E-state index >= 15 is 0 Å². The van der Waals surface area contributed by atoms with E-state index in [0.717, 1.165) is 11.6 Å². The number of carbonyl (C=O) groups is 1. The van der Waals surface area contributed by atoms with Crippen LogP contribution in [0.1, 0.15) is 18.4 Å². The van der Waals surface area contributed by atoms with Crippen molar-refractivity contribution >= 4 is 27.3 Å². The van der Waals surface area contributed by atoms with Gasteiger partial charge in [0, 0.05) is 24.8 Å². The van der Waals surface area contributed by atoms with Crippen LogP contribution >= 0.6 is 0 Å². The fourth-order valence-electron chi connectivity index (χ4n) is 3.14. The maximum atomic E-state index is 12.5. The van der Waals surface area contributed by atoms with Crippen LogP contribution < -0.4 is 4.72 Å². The van der Waals surface area contributed by atoms with Gasteiger partial charge in [0.15, 0.2) is 4.90 Å². The molecule has 154 valence electrons. The second-order valence-corrected chi connectivity index (χ2v) is 8.47. The fourth-order valence-corrected chi connectivity index (χ4v) is 4.37. The molecule has 2 N–H and O–H groups in total. The molecular weight excluding hydrogens is 398 g/mol. The van der Waals surface area contributed by atoms with Gasteiger partial charge in [-0.25, -0.2) is 8.42 Å². The minimum atomic E-state index is -4.14. The van der Waals surface area contributed by atoms with E-state index in [0.29, 0.717) is 25.9 Å². The molecule has 9 nitrogen and oxygen atoms in total. The molecule has 1 aliphatic heterocycles. The highest BCUT2D eigenvalue weighted by Gasteiger charge is 2.25. The van der Waals surface area contributed by atoms with Gasteiger partial charge in [-0.1, -0.05) is 24.3 Å². The number of para-hydroxylation sites is 1. The van der Waals surface area contributed by atoms with E-state index in [2.05, 4.69) is 4.72 Å². The van der Waals surface area contributed by atoms with Gasteiger partial charge in [0.1, 0.15) is 0 Å². The number of piperidine rings is 1. The molecule has 29 heavy (non-hydrogen) atoms. The Morgan fingerprint density at radius 3 is 2.38 bits per heavy atom. The molecule has 2 aromatic carbocycles. The zero-order valence-electron chi connectivity index (χ0n) is 15.5. The maximum absolute atomic E-state index is 12.5. The summed E-state index contributed by atoms with van der Waals surface area (Å²) in [5.41, 5.74) is 0.448. The molecule has 0 atom stereocenters. The first-order chi connectivity index (χ1) is 13.8. The van der Waals surface area contributed by atoms with Crippen LogP contribution in [0.5, 0.6) is 0 Å². The Kier molecular flexibility index (Phi) is 6.14. The fraction of sp³-hybridized carbons (Fsp3) is 0.316. The van der Waals surface area contributed by atoms with Crippen molar-refractivity contribution in [2.75, 3.05) is 17.8 Å². The van der Waals surface area contributed by atoms with Gasteiger partial charge in [0.05, 0.1) is 17.4 Å². The number of aliphatic hydroxyl groups is 1. The highest BCUT2D eigenvalue weighted by atomic mass is 32.2. The highest BCUT2D eigenvalue weighted by Crippen LogP contribution is 2.25. The molecule has 1 heterocycles. The molecule has 2 aromatic rings. The van der Waals surface area contributed by atoms with Gasteiger partial charge in [-0.2, -0.15) is 0 Å². The van der Waals surface area contributed by atoms with Crippen molar-refractivity contribution in [2.24, 2.45) is 0 Å². The van der Waals surface area contributed by atoms with Gasteiger partial charge >= 0.3 is 0 Å². The molecule has 1 fully saturated rings. The number of aliphatic hydroxyl groups excluding tert-OH is 1. The van der Waals surface area contributed by atoms with Crippen LogP contribution in [0.25, 0.3) is 0 Å². The van der Waals surface area contributed by atoms with Crippen LogP contribution in [-0.2, 0) is 21.2 Å². The second-order valence-electron chi connectivity index (χ2n) is 6.82. The number of likely N-dealkylation sites (tertiary alicyclic amines) is 1. The molecular formula is C19H21N3O6S. The van der Waals surface area contributed by atoms with Crippen LogP contribution in [-0.4, -0.2) is 48.4 Å². The summed E-state index contributed by atoms with van der Waals surface area (Å²) in [5.74, 6) is -0.0508. The second kappa shape index (κ2) is 8.58. The van der Waals surface area contributed by atoms with E-state index < -0.39 is 25.5 Å². The van der Waals surface area contributed by atoms with Crippen molar-refractivity contribution in [1.29, 1.82) is 0 Å². The van der Waals surface area contributed by atoms with Crippen molar-refractivity contribution in [2.45, 2.75) is 30.3 Å². The monoisotopic (exact) mass is 419 g/mol. The first kappa shape index (κ1) is 20.7. The first-order valence-corrected chi connectivity index (χ1v) is 10.6. The van der Waals surface area contributed by atoms with Crippen molar-refractivity contribution < 1.29 is 23.2 Å². The number of anilines is 1. The number of nitrogens with zero attached hydrogens (tertiary/aromatic N) is 2. The topological polar surface area (TPSA) is 130 Å². The smallest absolute Gasteiger partial charge is 0.289 e. The third-order valence-electron chi connectivity index (χ3n) is 4.73. The number of hydrogen-bond donors (Lipinski definition) is 2. The minimum Gasteiger partial charge on any atom is -0.393 e. The number of nitro groups is 1. The molecule has 0 aromatic heterocycles. The van der Waals surface area contributed by atoms with E-state index in [4.69, 9.17) is 0 Å². The van der Waals surface area contributed by atoms with Gasteiger partial charge in [0.2, 0.25) is 5.91 Å². The lowest BCUT2D eigenvalue weighted by Gasteiger charge is -2.29. The van der Waals surface area contributed by atoms with Crippen molar-refractivity contribution in [3.8, 4) is 0 Å². The van der Waals surface area contributed by atoms with Gasteiger partial charge in [0.25, 0.3) is 15.7 Å². The normalized spacial score (nSPS) is 15.1. The largest absolute Gasteiger partial charge is 0.393 e. The molecule has 1 amide bonds. The average molecular weight is 419 g/mol. The summed E-state index contributed by atoms with van der Waals surface area (Å²) < 4.78 is 27.4. The van der Waals surface area contributed by atoms with E-state index in [1.165, 1.54) is 30.3 Å². The average Bonchev–Trinajstić information content (AvgIpc) is 2.69. The summed E-state index contributed by atoms with van der Waals surface area (Å²) in [5, 5.41) is 20.6. The number of benzene rings is 2. The number of sulfonamides is 1. The third-order valence-corrected chi connectivity index (χ3v) is 6.16. The molecule has 1 saturated heterocycles. The number of amides is 1. The van der Waals surface area contributed by atoms with Gasteiger partial charge in [-0.3, -0.25) is 19.6 Å². The van der Waals surface area contributed by atoms with Crippen LogP contribution in [0, 0.1) is 10.1 Å². The van der Waals surface area contributed by atoms with Crippen molar-refractivity contribution in [3.05, 3.63) is 64.2 Å². The van der Waals surface area contributed by atoms with Crippen LogP contribution in [0.3, 0.4) is 0 Å². The summed E-state index contributed by atoms with van der Waals surface area (Å²) in [7, 11) is -4.14. The maximum Gasteiger partial charge on any atom is 0.289 e. The van der Waals surface area contributed by atoms with Gasteiger partial charge in [-0.05, 0) is 36.6 Å². The minimum absolute atomic E-state index is 0.0508. The first-order valence-electron chi connectivity index (χ1n) is 9.07. The Morgan fingerprint density at radius 1 is 1.14 bits per heavy atom. The molecule has 0 radical (unpaired) electrons. The Hall–Kier alpha value is -2.98. The third kappa shape index (κ3) is 5.09. The molecule has 0 unspecified atom stereocenters. The lowest BCUT2D eigenvalue weighted by atomic mass is 10.1. The summed E-state index contributed by atoms with van der Waals surface area (Å²) in [6.45, 7) is 1.04. The van der Waals surface area contributed by atoms with Gasteiger partial charge in [-0.15, -0.1) is 0 Å².